The van der Waals surface area contributed by atoms with Gasteiger partial charge >= 0.3 is 12.0 Å². The molecule has 7 heteroatoms. The Hall–Kier alpha value is -2.57. The second-order valence-corrected chi connectivity index (χ2v) is 3.69. The summed E-state index contributed by atoms with van der Waals surface area (Å²) in [5, 5.41) is 10.6. The molecule has 0 fully saturated rings. The first-order chi connectivity index (χ1) is 8.99. The molecule has 19 heavy (non-hydrogen) atoms. The Morgan fingerprint density at radius 3 is 2.58 bits per heavy atom. The van der Waals surface area contributed by atoms with Gasteiger partial charge in [-0.1, -0.05) is 18.2 Å². The molecule has 7 nitrogen and oxygen atoms in total. The van der Waals surface area contributed by atoms with Gasteiger partial charge in [0.25, 0.3) is 0 Å². The second kappa shape index (κ2) is 7.00. The van der Waals surface area contributed by atoms with Crippen molar-refractivity contribution in [1.29, 1.82) is 0 Å². The van der Waals surface area contributed by atoms with Crippen molar-refractivity contribution in [2.75, 3.05) is 6.61 Å². The summed E-state index contributed by atoms with van der Waals surface area (Å²) in [6.45, 7) is 0.0236. The van der Waals surface area contributed by atoms with Crippen LogP contribution in [0.1, 0.15) is 12.0 Å². The number of benzene rings is 1. The normalized spacial score (nSPS) is 9.68. The van der Waals surface area contributed by atoms with Crippen molar-refractivity contribution < 1.29 is 24.2 Å². The molecule has 0 radical (unpaired) electrons. The second-order valence-electron chi connectivity index (χ2n) is 3.69. The Morgan fingerprint density at radius 2 is 1.95 bits per heavy atom. The molecule has 0 aliphatic rings. The zero-order chi connectivity index (χ0) is 14.3. The standard InChI is InChI=1S/C12H14N2O5/c13-12(18)14-10(15)5-6-19-9-4-2-1-3-8(9)7-11(16)17/h1-4H,5-7H2,(H,16,17)(H3,13,14,15,18). The smallest absolute Gasteiger partial charge is 0.318 e. The van der Waals surface area contributed by atoms with Crippen LogP contribution in [0.2, 0.25) is 0 Å². The Morgan fingerprint density at radius 1 is 1.26 bits per heavy atom. The summed E-state index contributed by atoms with van der Waals surface area (Å²) in [6, 6.07) is 5.73. The van der Waals surface area contributed by atoms with Gasteiger partial charge in [-0.2, -0.15) is 0 Å². The van der Waals surface area contributed by atoms with Gasteiger partial charge in [0.15, 0.2) is 0 Å². The molecule has 102 valence electrons. The summed E-state index contributed by atoms with van der Waals surface area (Å²) in [7, 11) is 0. The van der Waals surface area contributed by atoms with Crippen LogP contribution in [-0.2, 0) is 16.0 Å². The van der Waals surface area contributed by atoms with Crippen molar-refractivity contribution in [2.24, 2.45) is 5.73 Å². The van der Waals surface area contributed by atoms with Crippen molar-refractivity contribution >= 4 is 17.9 Å². The first-order valence-corrected chi connectivity index (χ1v) is 5.51. The average Bonchev–Trinajstić information content (AvgIpc) is 2.29. The highest BCUT2D eigenvalue weighted by molar-refractivity contribution is 5.93. The maximum absolute atomic E-state index is 11.1. The Bertz CT molecular complexity index is 487. The number of carboxylic acids is 1. The molecule has 0 saturated carbocycles. The molecule has 0 aromatic heterocycles. The van der Waals surface area contributed by atoms with E-state index in [4.69, 9.17) is 15.6 Å². The van der Waals surface area contributed by atoms with E-state index in [1.807, 2.05) is 5.32 Å². The molecule has 1 rings (SSSR count). The number of imide groups is 1. The number of para-hydroxylation sites is 1. The van der Waals surface area contributed by atoms with E-state index in [0.717, 1.165) is 0 Å². The van der Waals surface area contributed by atoms with Gasteiger partial charge in [-0.25, -0.2) is 4.79 Å². The summed E-state index contributed by atoms with van der Waals surface area (Å²) in [4.78, 5) is 32.2. The van der Waals surface area contributed by atoms with E-state index in [2.05, 4.69) is 0 Å². The lowest BCUT2D eigenvalue weighted by Gasteiger charge is -2.09. The van der Waals surface area contributed by atoms with Crippen LogP contribution in [0.3, 0.4) is 0 Å². The molecule has 0 spiro atoms. The SMILES string of the molecule is NC(=O)NC(=O)CCOc1ccccc1CC(=O)O. The molecule has 0 saturated heterocycles. The fourth-order valence-corrected chi connectivity index (χ4v) is 1.41. The quantitative estimate of drug-likeness (QED) is 0.683. The topological polar surface area (TPSA) is 119 Å². The highest BCUT2D eigenvalue weighted by atomic mass is 16.5. The van der Waals surface area contributed by atoms with Crippen LogP contribution in [0, 0.1) is 0 Å². The third-order valence-corrected chi connectivity index (χ3v) is 2.16. The number of carbonyl (C=O) groups excluding carboxylic acids is 2. The average molecular weight is 266 g/mol. The Labute approximate surface area is 109 Å². The first-order valence-electron chi connectivity index (χ1n) is 5.51. The van der Waals surface area contributed by atoms with Gasteiger partial charge in [-0.3, -0.25) is 14.9 Å². The number of nitrogens with one attached hydrogen (secondary N) is 1. The highest BCUT2D eigenvalue weighted by Crippen LogP contribution is 2.18. The molecule has 0 unspecified atom stereocenters. The Balaban J connectivity index is 2.51. The lowest BCUT2D eigenvalue weighted by atomic mass is 10.1. The van der Waals surface area contributed by atoms with Crippen LogP contribution in [0.15, 0.2) is 24.3 Å². The minimum Gasteiger partial charge on any atom is -0.493 e. The van der Waals surface area contributed by atoms with Gasteiger partial charge in [0, 0.05) is 5.56 Å². The molecule has 0 aliphatic heterocycles. The van der Waals surface area contributed by atoms with Crippen LogP contribution in [0.5, 0.6) is 5.75 Å². The molecular weight excluding hydrogens is 252 g/mol. The molecule has 0 bridgehead atoms. The predicted octanol–water partition coefficient (Wildman–Crippen LogP) is 0.277. The van der Waals surface area contributed by atoms with Crippen molar-refractivity contribution in [1.82, 2.24) is 5.32 Å². The highest BCUT2D eigenvalue weighted by Gasteiger charge is 2.09. The van der Waals surface area contributed by atoms with Gasteiger partial charge in [0.1, 0.15) is 5.75 Å². The molecule has 0 aliphatic carbocycles. The van der Waals surface area contributed by atoms with E-state index in [1.165, 1.54) is 0 Å². The van der Waals surface area contributed by atoms with E-state index < -0.39 is 17.9 Å². The zero-order valence-corrected chi connectivity index (χ0v) is 10.1. The van der Waals surface area contributed by atoms with Crippen molar-refractivity contribution in [3.63, 3.8) is 0 Å². The third-order valence-electron chi connectivity index (χ3n) is 2.16. The van der Waals surface area contributed by atoms with E-state index >= 15 is 0 Å². The molecule has 3 amide bonds. The predicted molar refractivity (Wildman–Crippen MR) is 65.6 cm³/mol. The first kappa shape index (κ1) is 14.5. The number of rotatable bonds is 6. The fourth-order valence-electron chi connectivity index (χ4n) is 1.41. The van der Waals surface area contributed by atoms with Crippen molar-refractivity contribution in [2.45, 2.75) is 12.8 Å². The number of ether oxygens (including phenoxy) is 1. The van der Waals surface area contributed by atoms with E-state index in [0.29, 0.717) is 11.3 Å². The van der Waals surface area contributed by atoms with Crippen LogP contribution < -0.4 is 15.8 Å². The van der Waals surface area contributed by atoms with Gasteiger partial charge < -0.3 is 15.6 Å². The number of urea groups is 1. The fraction of sp³-hybridized carbons (Fsp3) is 0.250. The largest absolute Gasteiger partial charge is 0.493 e. The molecule has 1 aromatic carbocycles. The van der Waals surface area contributed by atoms with Crippen molar-refractivity contribution in [3.05, 3.63) is 29.8 Å². The zero-order valence-electron chi connectivity index (χ0n) is 10.1. The van der Waals surface area contributed by atoms with Crippen LogP contribution >= 0.6 is 0 Å². The monoisotopic (exact) mass is 266 g/mol. The number of hydrogen-bond acceptors (Lipinski definition) is 4. The number of hydrogen-bond donors (Lipinski definition) is 3. The summed E-state index contributed by atoms with van der Waals surface area (Å²) in [5.74, 6) is -1.12. The number of nitrogens with two attached hydrogens (primary N) is 1. The van der Waals surface area contributed by atoms with Crippen LogP contribution in [-0.4, -0.2) is 29.6 Å². The lowest BCUT2D eigenvalue weighted by Crippen LogP contribution is -2.35. The molecule has 0 atom stereocenters. The third kappa shape index (κ3) is 5.53. The summed E-state index contributed by atoms with van der Waals surface area (Å²) < 4.78 is 5.31. The summed E-state index contributed by atoms with van der Waals surface area (Å²) in [5.41, 5.74) is 5.30. The molecule has 0 heterocycles. The minimum absolute atomic E-state index is 0.0236. The Kier molecular flexibility index (Phi) is 5.34. The van der Waals surface area contributed by atoms with E-state index in [9.17, 15) is 14.4 Å². The molecule has 4 N–H and O–H groups in total. The van der Waals surface area contributed by atoms with E-state index in [1.54, 1.807) is 24.3 Å². The number of carboxylic acid groups (broad SMARTS) is 1. The van der Waals surface area contributed by atoms with Crippen molar-refractivity contribution in [3.8, 4) is 5.75 Å². The molecular formula is C12H14N2O5. The number of carbonyl (C=O) groups is 3. The van der Waals surface area contributed by atoms with Gasteiger partial charge in [0.2, 0.25) is 5.91 Å². The number of primary amides is 1. The minimum atomic E-state index is -0.970. The summed E-state index contributed by atoms with van der Waals surface area (Å²) in [6.07, 6.45) is -0.214. The van der Waals surface area contributed by atoms with Crippen LogP contribution in [0.4, 0.5) is 4.79 Å². The van der Waals surface area contributed by atoms with Crippen LogP contribution in [0.25, 0.3) is 0 Å². The maximum Gasteiger partial charge on any atom is 0.318 e. The maximum atomic E-state index is 11.1. The number of aliphatic carboxylic acids is 1. The lowest BCUT2D eigenvalue weighted by molar-refractivity contribution is -0.136. The summed E-state index contributed by atoms with van der Waals surface area (Å²) >= 11 is 0. The number of amides is 3. The molecule has 1 aromatic rings. The van der Waals surface area contributed by atoms with Gasteiger partial charge in [-0.15, -0.1) is 0 Å². The van der Waals surface area contributed by atoms with Gasteiger partial charge in [-0.05, 0) is 6.07 Å². The van der Waals surface area contributed by atoms with Gasteiger partial charge in [0.05, 0.1) is 19.4 Å². The van der Waals surface area contributed by atoms with E-state index in [-0.39, 0.29) is 19.4 Å².